The molecule has 1 aromatic rings. The highest BCUT2D eigenvalue weighted by molar-refractivity contribution is 5.79. The number of hydrogen-bond acceptors (Lipinski definition) is 7. The number of nitrogens with one attached hydrogen (secondary N) is 1. The molecule has 1 atom stereocenters. The van der Waals surface area contributed by atoms with Crippen LogP contribution in [0.15, 0.2) is 6.07 Å². The highest BCUT2D eigenvalue weighted by Gasteiger charge is 2.30. The number of nitrogens with zero attached hydrogens (tertiary/aromatic N) is 4. The van der Waals surface area contributed by atoms with Crippen LogP contribution >= 0.6 is 0 Å². The fourth-order valence-corrected chi connectivity index (χ4v) is 6.49. The minimum absolute atomic E-state index is 0.0931. The average Bonchev–Trinajstić information content (AvgIpc) is 2.91. The first-order valence-electron chi connectivity index (χ1n) is 15.5. The van der Waals surface area contributed by atoms with Crippen LogP contribution in [0.2, 0.25) is 0 Å². The third kappa shape index (κ3) is 8.61. The molecule has 1 amide bonds. The van der Waals surface area contributed by atoms with E-state index in [9.17, 15) is 9.90 Å². The van der Waals surface area contributed by atoms with Gasteiger partial charge in [-0.15, -0.1) is 0 Å². The molecule has 0 radical (unpaired) electrons. The summed E-state index contributed by atoms with van der Waals surface area (Å²) in [6.07, 6.45) is 9.68. The lowest BCUT2D eigenvalue weighted by atomic mass is 9.83. The van der Waals surface area contributed by atoms with Crippen LogP contribution in [-0.4, -0.2) is 84.0 Å². The lowest BCUT2D eigenvalue weighted by Crippen LogP contribution is -2.52. The zero-order chi connectivity index (χ0) is 28.0. The Hall–Kier alpha value is -1.77. The third-order valence-corrected chi connectivity index (χ3v) is 9.12. The summed E-state index contributed by atoms with van der Waals surface area (Å²) in [4.78, 5) is 27.6. The molecule has 2 heterocycles. The minimum atomic E-state index is -0.206. The van der Waals surface area contributed by atoms with Crippen LogP contribution in [0.1, 0.15) is 97.0 Å². The van der Waals surface area contributed by atoms with Crippen molar-refractivity contribution in [3.8, 4) is 0 Å². The van der Waals surface area contributed by atoms with Gasteiger partial charge < -0.3 is 20.1 Å². The maximum atomic E-state index is 12.7. The summed E-state index contributed by atoms with van der Waals surface area (Å²) < 4.78 is 5.31. The topological polar surface area (TPSA) is 90.8 Å². The van der Waals surface area contributed by atoms with E-state index in [1.807, 2.05) is 0 Å². The first-order valence-corrected chi connectivity index (χ1v) is 15.5. The molecule has 1 aliphatic heterocycles. The molecule has 2 N–H and O–H groups in total. The minimum Gasteiger partial charge on any atom is -0.393 e. The summed E-state index contributed by atoms with van der Waals surface area (Å²) in [6, 6.07) is 2.90. The number of carbonyl (C=O) groups is 1. The van der Waals surface area contributed by atoms with Gasteiger partial charge in [-0.05, 0) is 77.2 Å². The lowest BCUT2D eigenvalue weighted by molar-refractivity contribution is -0.127. The second-order valence-electron chi connectivity index (χ2n) is 13.4. The summed E-state index contributed by atoms with van der Waals surface area (Å²) in [5.74, 6) is 3.05. The van der Waals surface area contributed by atoms with Crippen LogP contribution in [0, 0.1) is 11.8 Å². The Morgan fingerprint density at radius 1 is 1.08 bits per heavy atom. The number of hydrogen-bond donors (Lipinski definition) is 2. The molecule has 0 aromatic carbocycles. The molecule has 1 saturated heterocycles. The Labute approximate surface area is 236 Å². The summed E-state index contributed by atoms with van der Waals surface area (Å²) in [5, 5.41) is 13.0. The number of rotatable bonds is 9. The van der Waals surface area contributed by atoms with Gasteiger partial charge in [-0.1, -0.05) is 20.8 Å². The number of amides is 1. The van der Waals surface area contributed by atoms with Crippen molar-refractivity contribution in [2.45, 2.75) is 116 Å². The maximum Gasteiger partial charge on any atom is 0.223 e. The van der Waals surface area contributed by atoms with Gasteiger partial charge in [0, 0.05) is 68.3 Å². The van der Waals surface area contributed by atoms with E-state index in [4.69, 9.17) is 14.7 Å². The van der Waals surface area contributed by atoms with Gasteiger partial charge in [-0.2, -0.15) is 0 Å². The number of carbonyl (C=O) groups excluding carboxylic acids is 1. The van der Waals surface area contributed by atoms with Gasteiger partial charge in [0.2, 0.25) is 5.91 Å². The summed E-state index contributed by atoms with van der Waals surface area (Å²) in [5.41, 5.74) is 0.968. The molecule has 39 heavy (non-hydrogen) atoms. The Morgan fingerprint density at radius 2 is 1.79 bits per heavy atom. The van der Waals surface area contributed by atoms with Crippen LogP contribution in [0.5, 0.6) is 0 Å². The summed E-state index contributed by atoms with van der Waals surface area (Å²) in [6.45, 7) is 13.8. The Morgan fingerprint density at radius 3 is 2.44 bits per heavy atom. The van der Waals surface area contributed by atoms with Gasteiger partial charge in [-0.25, -0.2) is 9.97 Å². The molecule has 0 spiro atoms. The standard InChI is InChI=1S/C31H53N5O3/c1-22-21-35(17-18-36(22)28-20-26(15-19-39-5)33-30(34-28)31(2,3)4)16-14-23-6-10-25(11-7-23)32-29(38)24-8-12-27(37)13-9-24/h20,22-25,27,37H,6-19,21H2,1-5H3,(H,32,38)/t22-,23-,24-,25-,27-/m0/s1. The monoisotopic (exact) mass is 543 g/mol. The highest BCUT2D eigenvalue weighted by Crippen LogP contribution is 2.30. The van der Waals surface area contributed by atoms with Crippen molar-refractivity contribution in [3.05, 3.63) is 17.6 Å². The van der Waals surface area contributed by atoms with E-state index in [2.05, 4.69) is 48.9 Å². The van der Waals surface area contributed by atoms with E-state index in [-0.39, 0.29) is 23.3 Å². The van der Waals surface area contributed by atoms with Gasteiger partial charge in [0.25, 0.3) is 0 Å². The number of aliphatic hydroxyl groups excluding tert-OH is 1. The van der Waals surface area contributed by atoms with Crippen molar-refractivity contribution in [2.24, 2.45) is 11.8 Å². The van der Waals surface area contributed by atoms with Crippen molar-refractivity contribution in [3.63, 3.8) is 0 Å². The number of ether oxygens (including phenoxy) is 1. The van der Waals surface area contributed by atoms with Crippen LogP contribution in [0.4, 0.5) is 5.82 Å². The van der Waals surface area contributed by atoms with Crippen LogP contribution < -0.4 is 10.2 Å². The van der Waals surface area contributed by atoms with E-state index < -0.39 is 0 Å². The number of anilines is 1. The quantitative estimate of drug-likeness (QED) is 0.485. The van der Waals surface area contributed by atoms with Crippen LogP contribution in [0.3, 0.4) is 0 Å². The molecular weight excluding hydrogens is 490 g/mol. The van der Waals surface area contributed by atoms with Gasteiger partial charge in [0.15, 0.2) is 0 Å². The molecule has 2 saturated carbocycles. The fraction of sp³-hybridized carbons (Fsp3) is 0.839. The maximum absolute atomic E-state index is 12.7. The van der Waals surface area contributed by atoms with Crippen molar-refractivity contribution in [1.82, 2.24) is 20.2 Å². The molecule has 1 aromatic heterocycles. The van der Waals surface area contributed by atoms with Crippen molar-refractivity contribution in [2.75, 3.05) is 44.8 Å². The van der Waals surface area contributed by atoms with Gasteiger partial charge >= 0.3 is 0 Å². The Bertz CT molecular complexity index is 919. The average molecular weight is 544 g/mol. The fourth-order valence-electron chi connectivity index (χ4n) is 6.49. The van der Waals surface area contributed by atoms with Gasteiger partial charge in [0.05, 0.1) is 12.7 Å². The van der Waals surface area contributed by atoms with E-state index in [0.29, 0.717) is 18.7 Å². The molecule has 4 rings (SSSR count). The number of aliphatic hydroxyl groups is 1. The van der Waals surface area contributed by atoms with E-state index in [0.717, 1.165) is 94.4 Å². The second kappa shape index (κ2) is 13.7. The molecule has 3 aliphatic rings. The normalized spacial score (nSPS) is 28.9. The zero-order valence-electron chi connectivity index (χ0n) is 25.1. The number of methoxy groups -OCH3 is 1. The molecular formula is C31H53N5O3. The summed E-state index contributed by atoms with van der Waals surface area (Å²) >= 11 is 0. The largest absolute Gasteiger partial charge is 0.393 e. The van der Waals surface area contributed by atoms with Crippen molar-refractivity contribution in [1.29, 1.82) is 0 Å². The van der Waals surface area contributed by atoms with E-state index >= 15 is 0 Å². The van der Waals surface area contributed by atoms with E-state index in [1.165, 1.54) is 19.3 Å². The second-order valence-corrected chi connectivity index (χ2v) is 13.4. The summed E-state index contributed by atoms with van der Waals surface area (Å²) in [7, 11) is 1.74. The molecule has 0 unspecified atom stereocenters. The van der Waals surface area contributed by atoms with Crippen molar-refractivity contribution < 1.29 is 14.6 Å². The SMILES string of the molecule is COCCc1cc(N2CCN(CC[C@H]3CC[C@H](NC(=O)[C@H]4CC[C@H](O)CC4)CC3)C[C@@H]2C)nc(C(C)(C)C)n1. The third-order valence-electron chi connectivity index (χ3n) is 9.12. The lowest BCUT2D eigenvalue weighted by Gasteiger charge is -2.41. The van der Waals surface area contributed by atoms with Crippen LogP contribution in [-0.2, 0) is 21.4 Å². The van der Waals surface area contributed by atoms with Crippen molar-refractivity contribution >= 4 is 11.7 Å². The Balaban J connectivity index is 1.21. The molecule has 0 bridgehead atoms. The molecule has 8 nitrogen and oxygen atoms in total. The highest BCUT2D eigenvalue weighted by atomic mass is 16.5. The first-order chi connectivity index (χ1) is 18.6. The predicted molar refractivity (Wildman–Crippen MR) is 156 cm³/mol. The van der Waals surface area contributed by atoms with Crippen LogP contribution in [0.25, 0.3) is 0 Å². The number of aromatic nitrogens is 2. The Kier molecular flexibility index (Phi) is 10.6. The van der Waals surface area contributed by atoms with Gasteiger partial charge in [-0.3, -0.25) is 9.69 Å². The predicted octanol–water partition coefficient (Wildman–Crippen LogP) is 4.09. The first kappa shape index (κ1) is 30.2. The molecule has 3 fully saturated rings. The van der Waals surface area contributed by atoms with Gasteiger partial charge in [0.1, 0.15) is 11.6 Å². The molecule has 220 valence electrons. The van der Waals surface area contributed by atoms with E-state index in [1.54, 1.807) is 7.11 Å². The zero-order valence-corrected chi connectivity index (χ0v) is 25.1. The smallest absolute Gasteiger partial charge is 0.223 e. The number of piperazine rings is 1. The molecule has 8 heteroatoms. The molecule has 2 aliphatic carbocycles.